The molecule has 1 aromatic rings. The summed E-state index contributed by atoms with van der Waals surface area (Å²) in [5.41, 5.74) is 7.63. The molecule has 100 valence electrons. The Hall–Kier alpha value is -1.06. The maximum Gasteiger partial charge on any atom is 0.253 e. The molecule has 1 atom stereocenters. The van der Waals surface area contributed by atoms with E-state index in [1.54, 1.807) is 0 Å². The lowest BCUT2D eigenvalue weighted by atomic mass is 10.0. The summed E-state index contributed by atoms with van der Waals surface area (Å²) in [5, 5.41) is 0. The van der Waals surface area contributed by atoms with Crippen molar-refractivity contribution >= 4 is 18.3 Å². The molecule has 1 saturated heterocycles. The van der Waals surface area contributed by atoms with E-state index in [1.165, 1.54) is 6.42 Å². The first-order chi connectivity index (χ1) is 8.18. The Morgan fingerprint density at radius 3 is 2.22 bits per heavy atom. The van der Waals surface area contributed by atoms with E-state index in [9.17, 15) is 4.79 Å². The van der Waals surface area contributed by atoms with Gasteiger partial charge in [-0.15, -0.1) is 12.4 Å². The van der Waals surface area contributed by atoms with Gasteiger partial charge in [0, 0.05) is 24.7 Å². The number of likely N-dealkylation sites (tertiary alicyclic amines) is 1. The number of rotatable bonds is 2. The molecule has 0 aliphatic carbocycles. The quantitative estimate of drug-likeness (QED) is 0.897. The SMILES string of the molecule is CC(N)c1ccc(C(=O)N2CCCCC2)cc1.Cl. The lowest BCUT2D eigenvalue weighted by Gasteiger charge is -2.26. The Morgan fingerprint density at radius 1 is 1.17 bits per heavy atom. The van der Waals surface area contributed by atoms with Gasteiger partial charge in [-0.1, -0.05) is 12.1 Å². The standard InChI is InChI=1S/C14H20N2O.ClH/c1-11(15)12-5-7-13(8-6-12)14(17)16-9-3-2-4-10-16;/h5-8,11H,2-4,9-10,15H2,1H3;1H. The highest BCUT2D eigenvalue weighted by atomic mass is 35.5. The minimum absolute atomic E-state index is 0. The molecule has 0 bridgehead atoms. The van der Waals surface area contributed by atoms with Gasteiger partial charge in [-0.25, -0.2) is 0 Å². The largest absolute Gasteiger partial charge is 0.339 e. The Bertz CT molecular complexity index is 383. The van der Waals surface area contributed by atoms with Crippen molar-refractivity contribution in [3.8, 4) is 0 Å². The number of amides is 1. The molecule has 0 spiro atoms. The third-order valence-electron chi connectivity index (χ3n) is 3.33. The smallest absolute Gasteiger partial charge is 0.253 e. The first kappa shape index (κ1) is 15.0. The van der Waals surface area contributed by atoms with Crippen LogP contribution in [0.4, 0.5) is 0 Å². The van der Waals surface area contributed by atoms with E-state index in [2.05, 4.69) is 0 Å². The van der Waals surface area contributed by atoms with Crippen LogP contribution in [-0.2, 0) is 0 Å². The molecule has 2 N–H and O–H groups in total. The van der Waals surface area contributed by atoms with Gasteiger partial charge < -0.3 is 10.6 Å². The van der Waals surface area contributed by atoms with Crippen molar-refractivity contribution in [3.63, 3.8) is 0 Å². The molecule has 1 unspecified atom stereocenters. The zero-order valence-electron chi connectivity index (χ0n) is 10.8. The topological polar surface area (TPSA) is 46.3 Å². The fourth-order valence-electron chi connectivity index (χ4n) is 2.21. The molecule has 1 heterocycles. The van der Waals surface area contributed by atoms with Crippen LogP contribution in [0.15, 0.2) is 24.3 Å². The van der Waals surface area contributed by atoms with E-state index >= 15 is 0 Å². The number of hydrogen-bond acceptors (Lipinski definition) is 2. The number of halogens is 1. The minimum Gasteiger partial charge on any atom is -0.339 e. The monoisotopic (exact) mass is 268 g/mol. The second-order valence-electron chi connectivity index (χ2n) is 4.76. The van der Waals surface area contributed by atoms with Gasteiger partial charge in [-0.05, 0) is 43.9 Å². The van der Waals surface area contributed by atoms with Gasteiger partial charge in [0.15, 0.2) is 0 Å². The number of carbonyl (C=O) groups excluding carboxylic acids is 1. The summed E-state index contributed by atoms with van der Waals surface area (Å²) in [6, 6.07) is 7.68. The summed E-state index contributed by atoms with van der Waals surface area (Å²) in [5.74, 6) is 0.154. The van der Waals surface area contributed by atoms with Gasteiger partial charge in [0.25, 0.3) is 5.91 Å². The predicted molar refractivity (Wildman–Crippen MR) is 76.0 cm³/mol. The number of nitrogens with zero attached hydrogens (tertiary/aromatic N) is 1. The predicted octanol–water partition coefficient (Wildman–Crippen LogP) is 2.75. The summed E-state index contributed by atoms with van der Waals surface area (Å²) < 4.78 is 0. The number of hydrogen-bond donors (Lipinski definition) is 1. The average Bonchev–Trinajstić information content (AvgIpc) is 2.39. The number of benzene rings is 1. The molecule has 1 aliphatic rings. The second-order valence-corrected chi connectivity index (χ2v) is 4.76. The molecule has 0 saturated carbocycles. The van der Waals surface area contributed by atoms with Crippen molar-refractivity contribution in [1.82, 2.24) is 4.90 Å². The van der Waals surface area contributed by atoms with Crippen LogP contribution in [0.1, 0.15) is 48.1 Å². The lowest BCUT2D eigenvalue weighted by molar-refractivity contribution is 0.0724. The zero-order chi connectivity index (χ0) is 12.3. The van der Waals surface area contributed by atoms with E-state index in [4.69, 9.17) is 5.73 Å². The van der Waals surface area contributed by atoms with Gasteiger partial charge in [-0.2, -0.15) is 0 Å². The van der Waals surface area contributed by atoms with Crippen molar-refractivity contribution < 1.29 is 4.79 Å². The minimum atomic E-state index is 0. The van der Waals surface area contributed by atoms with E-state index in [0.717, 1.165) is 37.1 Å². The molecule has 1 aromatic carbocycles. The van der Waals surface area contributed by atoms with Crippen LogP contribution in [0.25, 0.3) is 0 Å². The van der Waals surface area contributed by atoms with Crippen LogP contribution in [0.2, 0.25) is 0 Å². The molecule has 0 aromatic heterocycles. The third kappa shape index (κ3) is 3.47. The Morgan fingerprint density at radius 2 is 1.72 bits per heavy atom. The lowest BCUT2D eigenvalue weighted by Crippen LogP contribution is -2.35. The summed E-state index contributed by atoms with van der Waals surface area (Å²) in [6.45, 7) is 3.74. The van der Waals surface area contributed by atoms with Crippen LogP contribution in [0.5, 0.6) is 0 Å². The number of nitrogens with two attached hydrogens (primary N) is 1. The number of piperidine rings is 1. The first-order valence-corrected chi connectivity index (χ1v) is 6.33. The molecule has 1 fully saturated rings. The molecule has 3 nitrogen and oxygen atoms in total. The van der Waals surface area contributed by atoms with Crippen LogP contribution >= 0.6 is 12.4 Å². The van der Waals surface area contributed by atoms with E-state index in [0.29, 0.717) is 0 Å². The summed E-state index contributed by atoms with van der Waals surface area (Å²) >= 11 is 0. The Kier molecular flexibility index (Phi) is 5.63. The normalized spacial score (nSPS) is 16.9. The van der Waals surface area contributed by atoms with Gasteiger partial charge >= 0.3 is 0 Å². The van der Waals surface area contributed by atoms with Gasteiger partial charge in [-0.3, -0.25) is 4.79 Å². The van der Waals surface area contributed by atoms with Crippen molar-refractivity contribution in [3.05, 3.63) is 35.4 Å². The summed E-state index contributed by atoms with van der Waals surface area (Å²) in [6.07, 6.45) is 3.50. The fraction of sp³-hybridized carbons (Fsp3) is 0.500. The molecule has 2 rings (SSSR count). The van der Waals surface area contributed by atoms with Crippen molar-refractivity contribution in [2.24, 2.45) is 5.73 Å². The second kappa shape index (κ2) is 6.76. The molecule has 1 amide bonds. The Labute approximate surface area is 115 Å². The van der Waals surface area contributed by atoms with Gasteiger partial charge in [0.2, 0.25) is 0 Å². The highest BCUT2D eigenvalue weighted by Gasteiger charge is 2.17. The highest BCUT2D eigenvalue weighted by molar-refractivity contribution is 5.94. The first-order valence-electron chi connectivity index (χ1n) is 6.33. The molecule has 0 radical (unpaired) electrons. The number of carbonyl (C=O) groups is 1. The van der Waals surface area contributed by atoms with Gasteiger partial charge in [0.05, 0.1) is 0 Å². The van der Waals surface area contributed by atoms with Crippen molar-refractivity contribution in [2.45, 2.75) is 32.2 Å². The summed E-state index contributed by atoms with van der Waals surface area (Å²) in [7, 11) is 0. The van der Waals surface area contributed by atoms with E-state index in [1.807, 2.05) is 36.1 Å². The highest BCUT2D eigenvalue weighted by Crippen LogP contribution is 2.15. The Balaban J connectivity index is 0.00000162. The van der Waals surface area contributed by atoms with E-state index < -0.39 is 0 Å². The third-order valence-corrected chi connectivity index (χ3v) is 3.33. The fourth-order valence-corrected chi connectivity index (χ4v) is 2.21. The summed E-state index contributed by atoms with van der Waals surface area (Å²) in [4.78, 5) is 14.1. The maximum atomic E-state index is 12.2. The van der Waals surface area contributed by atoms with E-state index in [-0.39, 0.29) is 24.4 Å². The average molecular weight is 269 g/mol. The van der Waals surface area contributed by atoms with Crippen LogP contribution in [0, 0.1) is 0 Å². The van der Waals surface area contributed by atoms with Crippen molar-refractivity contribution in [2.75, 3.05) is 13.1 Å². The molecule has 4 heteroatoms. The maximum absolute atomic E-state index is 12.2. The van der Waals surface area contributed by atoms with Crippen LogP contribution < -0.4 is 5.73 Å². The van der Waals surface area contributed by atoms with Crippen molar-refractivity contribution in [1.29, 1.82) is 0 Å². The van der Waals surface area contributed by atoms with Crippen LogP contribution in [0.3, 0.4) is 0 Å². The zero-order valence-corrected chi connectivity index (χ0v) is 11.6. The molecule has 1 aliphatic heterocycles. The van der Waals surface area contributed by atoms with Gasteiger partial charge in [0.1, 0.15) is 0 Å². The molecular formula is C14H21ClN2O. The van der Waals surface area contributed by atoms with Crippen LogP contribution in [-0.4, -0.2) is 23.9 Å². The molecule has 18 heavy (non-hydrogen) atoms. The molecular weight excluding hydrogens is 248 g/mol.